The van der Waals surface area contributed by atoms with Crippen LogP contribution in [0.3, 0.4) is 0 Å². The number of para-hydroxylation sites is 1. The van der Waals surface area contributed by atoms with E-state index in [2.05, 4.69) is 46.4 Å². The fourth-order valence-corrected chi connectivity index (χ4v) is 4.45. The number of aromatic amines is 1. The van der Waals surface area contributed by atoms with Gasteiger partial charge in [-0.25, -0.2) is 0 Å². The Morgan fingerprint density at radius 2 is 2.03 bits per heavy atom. The Morgan fingerprint density at radius 3 is 2.97 bits per heavy atom. The average molecular weight is 386 g/mol. The first-order valence-corrected chi connectivity index (χ1v) is 10.1. The lowest BCUT2D eigenvalue weighted by molar-refractivity contribution is 0.0632. The van der Waals surface area contributed by atoms with Crippen molar-refractivity contribution in [2.45, 2.75) is 12.5 Å². The van der Waals surface area contributed by atoms with E-state index in [0.29, 0.717) is 6.61 Å². The Labute approximate surface area is 168 Å². The van der Waals surface area contributed by atoms with E-state index in [1.54, 1.807) is 6.26 Å². The molecule has 0 fully saturated rings. The molecule has 29 heavy (non-hydrogen) atoms. The maximum atomic E-state index is 6.31. The normalized spacial score (nSPS) is 19.6. The molecule has 0 amide bonds. The molecule has 0 spiro atoms. The van der Waals surface area contributed by atoms with Gasteiger partial charge in [0.05, 0.1) is 11.6 Å². The Hall–Kier alpha value is -3.18. The number of H-pyrrole nitrogens is 1. The van der Waals surface area contributed by atoms with E-state index in [1.165, 1.54) is 22.0 Å². The van der Waals surface area contributed by atoms with Crippen molar-refractivity contribution in [1.82, 2.24) is 9.88 Å². The third kappa shape index (κ3) is 2.89. The lowest BCUT2D eigenvalue weighted by Gasteiger charge is -2.33. The van der Waals surface area contributed by atoms with Gasteiger partial charge < -0.3 is 18.9 Å². The Balaban J connectivity index is 1.17. The monoisotopic (exact) mass is 386 g/mol. The lowest BCUT2D eigenvalue weighted by atomic mass is 9.99. The number of aromatic nitrogens is 1. The zero-order valence-electron chi connectivity index (χ0n) is 16.1. The lowest BCUT2D eigenvalue weighted by Crippen LogP contribution is -2.42. The van der Waals surface area contributed by atoms with Gasteiger partial charge in [-0.15, -0.1) is 0 Å². The molecule has 0 unspecified atom stereocenters. The van der Waals surface area contributed by atoms with Crippen molar-refractivity contribution in [3.05, 3.63) is 66.6 Å². The summed E-state index contributed by atoms with van der Waals surface area (Å²) in [6.45, 7) is 3.38. The van der Waals surface area contributed by atoms with Crippen LogP contribution in [0.2, 0.25) is 0 Å². The summed E-state index contributed by atoms with van der Waals surface area (Å²) in [5, 5.41) is 2.28. The van der Waals surface area contributed by atoms with E-state index in [-0.39, 0.29) is 6.10 Å². The number of hydrogen-bond acceptors (Lipinski definition) is 4. The minimum Gasteiger partial charge on any atom is -0.486 e. The molecule has 0 bridgehead atoms. The second kappa shape index (κ2) is 6.71. The molecule has 1 atom stereocenters. The molecule has 6 rings (SSSR count). The quantitative estimate of drug-likeness (QED) is 0.547. The molecule has 0 radical (unpaired) electrons. The van der Waals surface area contributed by atoms with Crippen molar-refractivity contribution in [3.8, 4) is 11.5 Å². The number of hydrogen-bond donors (Lipinski definition) is 1. The summed E-state index contributed by atoms with van der Waals surface area (Å²) in [6.07, 6.45) is 7.24. The van der Waals surface area contributed by atoms with Gasteiger partial charge in [-0.1, -0.05) is 24.3 Å². The smallest absolute Gasteiger partial charge is 0.172 e. The van der Waals surface area contributed by atoms with Crippen LogP contribution in [0.25, 0.3) is 27.4 Å². The minimum atomic E-state index is 0.0195. The van der Waals surface area contributed by atoms with Crippen LogP contribution in [0.15, 0.2) is 65.4 Å². The van der Waals surface area contributed by atoms with E-state index in [0.717, 1.165) is 48.5 Å². The maximum Gasteiger partial charge on any atom is 0.172 e. The molecular formula is C24H22N2O3. The van der Waals surface area contributed by atoms with Crippen LogP contribution in [0.4, 0.5) is 0 Å². The van der Waals surface area contributed by atoms with Crippen LogP contribution < -0.4 is 9.47 Å². The van der Waals surface area contributed by atoms with Gasteiger partial charge in [-0.3, -0.25) is 4.90 Å². The number of benzene rings is 2. The van der Waals surface area contributed by atoms with Gasteiger partial charge in [0.1, 0.15) is 18.3 Å². The molecule has 0 aliphatic carbocycles. The maximum absolute atomic E-state index is 6.31. The van der Waals surface area contributed by atoms with Crippen molar-refractivity contribution < 1.29 is 13.9 Å². The van der Waals surface area contributed by atoms with E-state index in [4.69, 9.17) is 13.9 Å². The second-order valence-corrected chi connectivity index (χ2v) is 7.76. The van der Waals surface area contributed by atoms with Gasteiger partial charge in [0.25, 0.3) is 0 Å². The van der Waals surface area contributed by atoms with Gasteiger partial charge in [-0.05, 0) is 36.3 Å². The summed E-state index contributed by atoms with van der Waals surface area (Å²) in [6, 6.07) is 14.3. The number of furan rings is 1. The zero-order chi connectivity index (χ0) is 19.2. The summed E-state index contributed by atoms with van der Waals surface area (Å²) in [7, 11) is 0. The molecule has 2 aliphatic rings. The van der Waals surface area contributed by atoms with E-state index >= 15 is 0 Å². The summed E-state index contributed by atoms with van der Waals surface area (Å²) in [5.74, 6) is 1.61. The largest absolute Gasteiger partial charge is 0.486 e. The number of nitrogens with one attached hydrogen (secondary N) is 1. The van der Waals surface area contributed by atoms with E-state index in [9.17, 15) is 0 Å². The highest BCUT2D eigenvalue weighted by atomic mass is 16.6. The SMILES string of the molecule is C1=C(c2c[nH]c3ccccc23)CCN(C[C@H]2COc3ccc4occc4c3O2)C1. The van der Waals surface area contributed by atoms with Crippen LogP contribution in [0.1, 0.15) is 12.0 Å². The molecule has 4 heterocycles. The second-order valence-electron chi connectivity index (χ2n) is 7.76. The van der Waals surface area contributed by atoms with Crippen LogP contribution in [-0.4, -0.2) is 42.2 Å². The van der Waals surface area contributed by atoms with Crippen molar-refractivity contribution >= 4 is 27.4 Å². The fourth-order valence-electron chi connectivity index (χ4n) is 4.45. The third-order valence-electron chi connectivity index (χ3n) is 5.95. The van der Waals surface area contributed by atoms with E-state index in [1.807, 2.05) is 18.2 Å². The molecule has 146 valence electrons. The topological polar surface area (TPSA) is 50.6 Å². The summed E-state index contributed by atoms with van der Waals surface area (Å²) < 4.78 is 17.8. The molecule has 0 saturated carbocycles. The first-order chi connectivity index (χ1) is 14.3. The highest BCUT2D eigenvalue weighted by Crippen LogP contribution is 2.39. The van der Waals surface area contributed by atoms with Crippen LogP contribution >= 0.6 is 0 Å². The standard InChI is InChI=1S/C24H22N2O3/c1-2-4-21-18(3-1)20(13-25-21)16-7-10-26(11-8-16)14-17-15-28-23-6-5-22-19(9-12-27-22)24(23)29-17/h1-7,9,12-13,17,25H,8,10-11,14-15H2/t17-/m0/s1. The summed E-state index contributed by atoms with van der Waals surface area (Å²) in [5.41, 5.74) is 4.78. The first kappa shape index (κ1) is 16.7. The number of fused-ring (bicyclic) bond motifs is 4. The van der Waals surface area contributed by atoms with Gasteiger partial charge in [0.2, 0.25) is 0 Å². The molecule has 4 aromatic rings. The number of nitrogens with zero attached hydrogens (tertiary/aromatic N) is 1. The van der Waals surface area contributed by atoms with Gasteiger partial charge in [-0.2, -0.15) is 0 Å². The molecule has 5 heteroatoms. The van der Waals surface area contributed by atoms with Crippen LogP contribution in [0, 0.1) is 0 Å². The number of rotatable bonds is 3. The Kier molecular flexibility index (Phi) is 3.87. The molecule has 5 nitrogen and oxygen atoms in total. The molecule has 2 aromatic carbocycles. The average Bonchev–Trinajstić information content (AvgIpc) is 3.42. The summed E-state index contributed by atoms with van der Waals surface area (Å²) in [4.78, 5) is 5.82. The van der Waals surface area contributed by atoms with Crippen molar-refractivity contribution in [3.63, 3.8) is 0 Å². The highest BCUT2D eigenvalue weighted by molar-refractivity contribution is 5.92. The molecule has 2 aliphatic heterocycles. The highest BCUT2D eigenvalue weighted by Gasteiger charge is 2.26. The van der Waals surface area contributed by atoms with E-state index < -0.39 is 0 Å². The van der Waals surface area contributed by atoms with Gasteiger partial charge in [0.15, 0.2) is 11.5 Å². The minimum absolute atomic E-state index is 0.0195. The third-order valence-corrected chi connectivity index (χ3v) is 5.95. The van der Waals surface area contributed by atoms with Gasteiger partial charge >= 0.3 is 0 Å². The number of ether oxygens (including phenoxy) is 2. The summed E-state index contributed by atoms with van der Waals surface area (Å²) >= 11 is 0. The predicted molar refractivity (Wildman–Crippen MR) is 113 cm³/mol. The molecule has 0 saturated heterocycles. The molecular weight excluding hydrogens is 364 g/mol. The van der Waals surface area contributed by atoms with Crippen molar-refractivity contribution in [2.75, 3.05) is 26.2 Å². The van der Waals surface area contributed by atoms with Gasteiger partial charge in [0, 0.05) is 42.3 Å². The first-order valence-electron chi connectivity index (χ1n) is 10.1. The van der Waals surface area contributed by atoms with Crippen molar-refractivity contribution in [1.29, 1.82) is 0 Å². The Morgan fingerprint density at radius 1 is 1.07 bits per heavy atom. The molecule has 1 N–H and O–H groups in total. The fraction of sp³-hybridized carbons (Fsp3) is 0.250. The van der Waals surface area contributed by atoms with Crippen molar-refractivity contribution in [2.24, 2.45) is 0 Å². The van der Waals surface area contributed by atoms with Crippen LogP contribution in [0.5, 0.6) is 11.5 Å². The Bertz CT molecular complexity index is 1220. The predicted octanol–water partition coefficient (Wildman–Crippen LogP) is 4.84. The zero-order valence-corrected chi connectivity index (χ0v) is 16.1. The molecule has 2 aromatic heterocycles. The van der Waals surface area contributed by atoms with Crippen LogP contribution in [-0.2, 0) is 0 Å².